The van der Waals surface area contributed by atoms with Crippen molar-refractivity contribution in [3.8, 4) is 5.75 Å². The summed E-state index contributed by atoms with van der Waals surface area (Å²) in [4.78, 5) is 14.0. The number of nitrogens with one attached hydrogen (secondary N) is 1. The fraction of sp³-hybridized carbons (Fsp3) is 0.350. The first-order valence-corrected chi connectivity index (χ1v) is 10.9. The minimum atomic E-state index is -4.46. The Labute approximate surface area is 178 Å². The summed E-state index contributed by atoms with van der Waals surface area (Å²) < 4.78 is 70.2. The van der Waals surface area contributed by atoms with Gasteiger partial charge in [-0.15, -0.1) is 0 Å². The molecule has 11 heteroatoms. The van der Waals surface area contributed by atoms with Crippen LogP contribution in [0.4, 0.5) is 18.9 Å². The lowest BCUT2D eigenvalue weighted by molar-refractivity contribution is -0.137. The van der Waals surface area contributed by atoms with Crippen LogP contribution in [0, 0.1) is 0 Å². The highest BCUT2D eigenvalue weighted by atomic mass is 32.2. The maximum atomic E-state index is 12.8. The number of carbonyl (C=O) groups is 1. The van der Waals surface area contributed by atoms with Crippen molar-refractivity contribution in [3.63, 3.8) is 0 Å². The van der Waals surface area contributed by atoms with E-state index < -0.39 is 21.8 Å². The lowest BCUT2D eigenvalue weighted by Crippen LogP contribution is -2.51. The predicted octanol–water partition coefficient (Wildman–Crippen LogP) is 2.66. The van der Waals surface area contributed by atoms with E-state index in [-0.39, 0.29) is 49.2 Å². The first-order chi connectivity index (χ1) is 14.6. The summed E-state index contributed by atoms with van der Waals surface area (Å²) in [6.45, 7) is 0.455. The Morgan fingerprint density at radius 3 is 2.29 bits per heavy atom. The van der Waals surface area contributed by atoms with Gasteiger partial charge in [-0.3, -0.25) is 4.79 Å². The monoisotopic (exact) mass is 457 g/mol. The number of sulfonamides is 1. The zero-order valence-corrected chi connectivity index (χ0v) is 17.5. The number of hydrogen-bond acceptors (Lipinski definition) is 5. The first kappa shape index (κ1) is 22.9. The van der Waals surface area contributed by atoms with Crippen molar-refractivity contribution in [2.75, 3.05) is 45.2 Å². The molecule has 1 heterocycles. The molecule has 168 valence electrons. The fourth-order valence-corrected chi connectivity index (χ4v) is 4.59. The van der Waals surface area contributed by atoms with Gasteiger partial charge >= 0.3 is 6.18 Å². The molecular weight excluding hydrogens is 435 g/mol. The van der Waals surface area contributed by atoms with Gasteiger partial charge < -0.3 is 15.0 Å². The normalized spacial score (nSPS) is 15.5. The van der Waals surface area contributed by atoms with Crippen LogP contribution in [0.1, 0.15) is 5.56 Å². The highest BCUT2D eigenvalue weighted by Crippen LogP contribution is 2.30. The number of anilines is 1. The molecule has 31 heavy (non-hydrogen) atoms. The Balaban J connectivity index is 1.55. The molecule has 1 N–H and O–H groups in total. The molecule has 0 saturated carbocycles. The van der Waals surface area contributed by atoms with Gasteiger partial charge in [0.25, 0.3) is 0 Å². The van der Waals surface area contributed by atoms with Crippen molar-refractivity contribution < 1.29 is 31.1 Å². The van der Waals surface area contributed by atoms with E-state index in [1.807, 2.05) is 0 Å². The van der Waals surface area contributed by atoms with Crippen LogP contribution in [0.15, 0.2) is 53.4 Å². The van der Waals surface area contributed by atoms with Gasteiger partial charge in [0.05, 0.1) is 24.1 Å². The lowest BCUT2D eigenvalue weighted by Gasteiger charge is -2.34. The predicted molar refractivity (Wildman–Crippen MR) is 108 cm³/mol. The van der Waals surface area contributed by atoms with Crippen molar-refractivity contribution >= 4 is 21.6 Å². The topological polar surface area (TPSA) is 79.0 Å². The molecule has 7 nitrogen and oxygen atoms in total. The summed E-state index contributed by atoms with van der Waals surface area (Å²) in [7, 11) is -2.20. The number of benzene rings is 2. The average molecular weight is 457 g/mol. The van der Waals surface area contributed by atoms with Crippen LogP contribution in [-0.4, -0.2) is 63.4 Å². The van der Waals surface area contributed by atoms with Crippen LogP contribution in [-0.2, 0) is 21.0 Å². The maximum absolute atomic E-state index is 12.8. The molecule has 0 spiro atoms. The molecule has 1 saturated heterocycles. The third-order valence-electron chi connectivity index (χ3n) is 4.92. The molecule has 1 aliphatic heterocycles. The van der Waals surface area contributed by atoms with Crippen molar-refractivity contribution in [2.45, 2.75) is 11.1 Å². The van der Waals surface area contributed by atoms with Gasteiger partial charge in [0, 0.05) is 31.9 Å². The SMILES string of the molecule is COc1ccc(S(=O)(=O)N2CCN(C(=O)CNc3cccc(C(F)(F)F)c3)CC2)cc1. The van der Waals surface area contributed by atoms with E-state index in [0.29, 0.717) is 5.75 Å². The van der Waals surface area contributed by atoms with Crippen LogP contribution in [0.25, 0.3) is 0 Å². The zero-order valence-electron chi connectivity index (χ0n) is 16.7. The summed E-state index contributed by atoms with van der Waals surface area (Å²) in [6, 6.07) is 10.6. The summed E-state index contributed by atoms with van der Waals surface area (Å²) in [5, 5.41) is 2.70. The molecule has 1 amide bonds. The Kier molecular flexibility index (Phi) is 6.75. The van der Waals surface area contributed by atoms with Crippen molar-refractivity contribution in [1.82, 2.24) is 9.21 Å². The van der Waals surface area contributed by atoms with E-state index in [1.165, 1.54) is 40.6 Å². The second kappa shape index (κ2) is 9.15. The second-order valence-electron chi connectivity index (χ2n) is 6.89. The number of halogens is 3. The van der Waals surface area contributed by atoms with E-state index in [4.69, 9.17) is 4.74 Å². The highest BCUT2D eigenvalue weighted by Gasteiger charge is 2.31. The number of hydrogen-bond donors (Lipinski definition) is 1. The molecule has 2 aromatic rings. The van der Waals surface area contributed by atoms with Gasteiger partial charge in [0.2, 0.25) is 15.9 Å². The van der Waals surface area contributed by atoms with Crippen LogP contribution >= 0.6 is 0 Å². The summed E-state index contributed by atoms with van der Waals surface area (Å²) in [6.07, 6.45) is -4.46. The number of alkyl halides is 3. The minimum Gasteiger partial charge on any atom is -0.497 e. The lowest BCUT2D eigenvalue weighted by atomic mass is 10.2. The highest BCUT2D eigenvalue weighted by molar-refractivity contribution is 7.89. The van der Waals surface area contributed by atoms with Gasteiger partial charge in [-0.05, 0) is 42.5 Å². The van der Waals surface area contributed by atoms with Gasteiger partial charge in [0.1, 0.15) is 5.75 Å². The number of piperazine rings is 1. The zero-order chi connectivity index (χ0) is 22.6. The Morgan fingerprint density at radius 1 is 1.06 bits per heavy atom. The molecule has 0 aromatic heterocycles. The van der Waals surface area contributed by atoms with E-state index >= 15 is 0 Å². The fourth-order valence-electron chi connectivity index (χ4n) is 3.17. The number of nitrogens with zero attached hydrogens (tertiary/aromatic N) is 2. The Bertz CT molecular complexity index is 1020. The number of carbonyl (C=O) groups excluding carboxylic acids is 1. The number of rotatable bonds is 6. The molecule has 0 atom stereocenters. The molecule has 3 rings (SSSR count). The van der Waals surface area contributed by atoms with Gasteiger partial charge in [-0.2, -0.15) is 17.5 Å². The van der Waals surface area contributed by atoms with E-state index in [0.717, 1.165) is 12.1 Å². The third-order valence-corrected chi connectivity index (χ3v) is 6.84. The van der Waals surface area contributed by atoms with Crippen molar-refractivity contribution in [2.24, 2.45) is 0 Å². The summed E-state index contributed by atoms with van der Waals surface area (Å²) in [5.41, 5.74) is -0.619. The number of amides is 1. The van der Waals surface area contributed by atoms with Crippen LogP contribution < -0.4 is 10.1 Å². The van der Waals surface area contributed by atoms with Crippen LogP contribution in [0.5, 0.6) is 5.75 Å². The summed E-state index contributed by atoms with van der Waals surface area (Å²) in [5.74, 6) is 0.224. The van der Waals surface area contributed by atoms with E-state index in [9.17, 15) is 26.4 Å². The van der Waals surface area contributed by atoms with Gasteiger partial charge in [-0.25, -0.2) is 8.42 Å². The summed E-state index contributed by atoms with van der Waals surface area (Å²) >= 11 is 0. The van der Waals surface area contributed by atoms with Crippen LogP contribution in [0.3, 0.4) is 0 Å². The molecule has 0 aliphatic carbocycles. The van der Waals surface area contributed by atoms with E-state index in [2.05, 4.69) is 5.32 Å². The molecule has 1 aliphatic rings. The standard InChI is InChI=1S/C20H22F3N3O4S/c1-30-17-5-7-18(8-6-17)31(28,29)26-11-9-25(10-12-26)19(27)14-24-16-4-2-3-15(13-16)20(21,22)23/h2-8,13,24H,9-12,14H2,1H3. The second-order valence-corrected chi connectivity index (χ2v) is 8.83. The quantitative estimate of drug-likeness (QED) is 0.722. The molecule has 0 radical (unpaired) electrons. The van der Waals surface area contributed by atoms with Crippen molar-refractivity contribution in [1.29, 1.82) is 0 Å². The van der Waals surface area contributed by atoms with Crippen molar-refractivity contribution in [3.05, 3.63) is 54.1 Å². The van der Waals surface area contributed by atoms with E-state index in [1.54, 1.807) is 12.1 Å². The van der Waals surface area contributed by atoms with Gasteiger partial charge in [0.15, 0.2) is 0 Å². The molecule has 0 bridgehead atoms. The van der Waals surface area contributed by atoms with Gasteiger partial charge in [-0.1, -0.05) is 6.07 Å². The third kappa shape index (κ3) is 5.47. The Hall–Kier alpha value is -2.79. The number of ether oxygens (including phenoxy) is 1. The maximum Gasteiger partial charge on any atom is 0.416 e. The largest absolute Gasteiger partial charge is 0.497 e. The molecule has 1 fully saturated rings. The molecule has 0 unspecified atom stereocenters. The smallest absolute Gasteiger partial charge is 0.416 e. The minimum absolute atomic E-state index is 0.129. The molecule has 2 aromatic carbocycles. The molecular formula is C20H22F3N3O4S. The number of methoxy groups -OCH3 is 1. The average Bonchev–Trinajstić information content (AvgIpc) is 2.77. The Morgan fingerprint density at radius 2 is 1.71 bits per heavy atom. The first-order valence-electron chi connectivity index (χ1n) is 9.44. The van der Waals surface area contributed by atoms with Crippen LogP contribution in [0.2, 0.25) is 0 Å².